The van der Waals surface area contributed by atoms with Crippen molar-refractivity contribution < 1.29 is 23.8 Å². The summed E-state index contributed by atoms with van der Waals surface area (Å²) in [6, 6.07) is 5.96. The molecule has 0 radical (unpaired) electrons. The molecule has 1 atom stereocenters. The van der Waals surface area contributed by atoms with Crippen LogP contribution in [0.5, 0.6) is 11.5 Å². The predicted octanol–water partition coefficient (Wildman–Crippen LogP) is 1.21. The number of hydrogen-bond acceptors (Lipinski definition) is 6. The van der Waals surface area contributed by atoms with Crippen molar-refractivity contribution in [3.05, 3.63) is 23.8 Å². The van der Waals surface area contributed by atoms with Crippen LogP contribution in [-0.2, 0) is 14.3 Å². The van der Waals surface area contributed by atoms with E-state index >= 15 is 0 Å². The molecule has 1 unspecified atom stereocenters. The standard InChI is InChI=1S/C21H31N3O5/c1-23(14-20(25)22-8-4-10-27-2)15-21(26)24-9-3-5-17(24)16-6-7-18-19(13-16)29-12-11-28-18/h6-7,13,17H,3-5,8-12,14-15H2,1-2H3,(H,22,25). The number of carbonyl (C=O) groups excluding carboxylic acids is 2. The minimum absolute atomic E-state index is 0.0367. The number of nitrogens with zero attached hydrogens (tertiary/aromatic N) is 2. The van der Waals surface area contributed by atoms with Crippen LogP contribution in [0, 0.1) is 0 Å². The van der Waals surface area contributed by atoms with E-state index in [2.05, 4.69) is 5.32 Å². The first-order valence-corrected chi connectivity index (χ1v) is 10.2. The highest BCUT2D eigenvalue weighted by Gasteiger charge is 2.31. The summed E-state index contributed by atoms with van der Waals surface area (Å²) in [5.41, 5.74) is 1.07. The van der Waals surface area contributed by atoms with Gasteiger partial charge in [-0.25, -0.2) is 0 Å². The van der Waals surface area contributed by atoms with Crippen molar-refractivity contribution in [2.45, 2.75) is 25.3 Å². The third-order valence-electron chi connectivity index (χ3n) is 5.19. The molecule has 8 nitrogen and oxygen atoms in total. The highest BCUT2D eigenvalue weighted by atomic mass is 16.6. The molecule has 2 aliphatic heterocycles. The molecule has 0 spiro atoms. The molecule has 1 aromatic rings. The van der Waals surface area contributed by atoms with Gasteiger partial charge in [0.15, 0.2) is 11.5 Å². The third-order valence-corrected chi connectivity index (χ3v) is 5.19. The molecule has 0 aromatic heterocycles. The second-order valence-corrected chi connectivity index (χ2v) is 7.52. The zero-order valence-electron chi connectivity index (χ0n) is 17.3. The molecule has 160 valence electrons. The molecule has 1 aromatic carbocycles. The maximum Gasteiger partial charge on any atom is 0.237 e. The van der Waals surface area contributed by atoms with Crippen LogP contribution in [0.2, 0.25) is 0 Å². The van der Waals surface area contributed by atoms with Crippen LogP contribution < -0.4 is 14.8 Å². The fourth-order valence-electron chi connectivity index (χ4n) is 3.80. The van der Waals surface area contributed by atoms with Gasteiger partial charge in [0.05, 0.1) is 19.1 Å². The topological polar surface area (TPSA) is 80.3 Å². The van der Waals surface area contributed by atoms with Gasteiger partial charge in [-0.2, -0.15) is 0 Å². The number of ether oxygens (including phenoxy) is 3. The normalized spacial score (nSPS) is 18.2. The number of hydrogen-bond donors (Lipinski definition) is 1. The summed E-state index contributed by atoms with van der Waals surface area (Å²) in [7, 11) is 3.43. The van der Waals surface area contributed by atoms with Crippen LogP contribution in [0.4, 0.5) is 0 Å². The van der Waals surface area contributed by atoms with Crippen LogP contribution in [-0.4, -0.2) is 81.8 Å². The van der Waals surface area contributed by atoms with Gasteiger partial charge in [0.2, 0.25) is 11.8 Å². The summed E-state index contributed by atoms with van der Waals surface area (Å²) in [4.78, 5) is 28.6. The van der Waals surface area contributed by atoms with E-state index in [1.165, 1.54) is 0 Å². The molecular formula is C21H31N3O5. The molecule has 0 saturated carbocycles. The molecule has 1 saturated heterocycles. The minimum atomic E-state index is -0.0822. The van der Waals surface area contributed by atoms with Crippen LogP contribution in [0.1, 0.15) is 30.9 Å². The van der Waals surface area contributed by atoms with Gasteiger partial charge in [-0.3, -0.25) is 14.5 Å². The summed E-state index contributed by atoms with van der Waals surface area (Å²) in [5.74, 6) is 1.46. The molecule has 29 heavy (non-hydrogen) atoms. The van der Waals surface area contributed by atoms with Gasteiger partial charge in [-0.05, 0) is 44.0 Å². The summed E-state index contributed by atoms with van der Waals surface area (Å²) in [6.45, 7) is 3.44. The number of amides is 2. The summed E-state index contributed by atoms with van der Waals surface area (Å²) >= 11 is 0. The lowest BCUT2D eigenvalue weighted by Gasteiger charge is -2.28. The van der Waals surface area contributed by atoms with Crippen molar-refractivity contribution >= 4 is 11.8 Å². The first-order valence-electron chi connectivity index (χ1n) is 10.2. The number of likely N-dealkylation sites (N-methyl/N-ethyl adjacent to an activating group) is 1. The molecule has 0 aliphatic carbocycles. The van der Waals surface area contributed by atoms with Crippen molar-refractivity contribution in [3.63, 3.8) is 0 Å². The van der Waals surface area contributed by atoms with Crippen molar-refractivity contribution in [2.24, 2.45) is 0 Å². The Balaban J connectivity index is 1.52. The number of rotatable bonds is 9. The number of benzene rings is 1. The first kappa shape index (κ1) is 21.4. The van der Waals surface area contributed by atoms with Crippen molar-refractivity contribution in [1.82, 2.24) is 15.1 Å². The number of likely N-dealkylation sites (tertiary alicyclic amines) is 1. The van der Waals surface area contributed by atoms with E-state index in [9.17, 15) is 9.59 Å². The van der Waals surface area contributed by atoms with E-state index in [0.29, 0.717) is 26.4 Å². The van der Waals surface area contributed by atoms with Gasteiger partial charge in [-0.1, -0.05) is 6.07 Å². The van der Waals surface area contributed by atoms with Crippen LogP contribution in [0.3, 0.4) is 0 Å². The Labute approximate surface area is 172 Å². The average Bonchev–Trinajstić information content (AvgIpc) is 3.21. The zero-order chi connectivity index (χ0) is 20.6. The SMILES string of the molecule is COCCCNC(=O)CN(C)CC(=O)N1CCCC1c1ccc2c(c1)OCCO2. The maximum atomic E-state index is 12.9. The van der Waals surface area contributed by atoms with E-state index in [-0.39, 0.29) is 30.9 Å². The minimum Gasteiger partial charge on any atom is -0.486 e. The van der Waals surface area contributed by atoms with Gasteiger partial charge >= 0.3 is 0 Å². The lowest BCUT2D eigenvalue weighted by molar-refractivity contribution is -0.133. The zero-order valence-corrected chi connectivity index (χ0v) is 17.3. The monoisotopic (exact) mass is 405 g/mol. The van der Waals surface area contributed by atoms with Crippen molar-refractivity contribution in [2.75, 3.05) is 60.2 Å². The van der Waals surface area contributed by atoms with E-state index in [1.807, 2.05) is 23.1 Å². The van der Waals surface area contributed by atoms with E-state index in [1.54, 1.807) is 19.1 Å². The number of nitrogens with one attached hydrogen (secondary N) is 1. The number of methoxy groups -OCH3 is 1. The lowest BCUT2D eigenvalue weighted by atomic mass is 10.0. The Morgan fingerprint density at radius 1 is 1.24 bits per heavy atom. The van der Waals surface area contributed by atoms with E-state index < -0.39 is 0 Å². The number of fused-ring (bicyclic) bond motifs is 1. The third kappa shape index (κ3) is 5.83. The maximum absolute atomic E-state index is 12.9. The molecule has 1 N–H and O–H groups in total. The Morgan fingerprint density at radius 2 is 2.03 bits per heavy atom. The number of carbonyl (C=O) groups is 2. The van der Waals surface area contributed by atoms with Gasteiger partial charge in [0, 0.05) is 26.8 Å². The molecule has 1 fully saturated rings. The van der Waals surface area contributed by atoms with Crippen LogP contribution >= 0.6 is 0 Å². The molecule has 2 aliphatic rings. The van der Waals surface area contributed by atoms with E-state index in [0.717, 1.165) is 42.9 Å². The molecule has 2 amide bonds. The van der Waals surface area contributed by atoms with Crippen molar-refractivity contribution in [3.8, 4) is 11.5 Å². The second kappa shape index (κ2) is 10.5. The smallest absolute Gasteiger partial charge is 0.237 e. The molecule has 0 bridgehead atoms. The highest BCUT2D eigenvalue weighted by molar-refractivity contribution is 5.81. The summed E-state index contributed by atoms with van der Waals surface area (Å²) in [6.07, 6.45) is 2.67. The van der Waals surface area contributed by atoms with Crippen molar-refractivity contribution in [1.29, 1.82) is 0 Å². The Bertz CT molecular complexity index is 712. The summed E-state index contributed by atoms with van der Waals surface area (Å²) < 4.78 is 16.2. The largest absolute Gasteiger partial charge is 0.486 e. The van der Waals surface area contributed by atoms with Gasteiger partial charge in [-0.15, -0.1) is 0 Å². The van der Waals surface area contributed by atoms with E-state index in [4.69, 9.17) is 14.2 Å². The fraction of sp³-hybridized carbons (Fsp3) is 0.619. The summed E-state index contributed by atoms with van der Waals surface area (Å²) in [5, 5.41) is 2.84. The molecule has 8 heteroatoms. The molecule has 2 heterocycles. The second-order valence-electron chi connectivity index (χ2n) is 7.52. The molecule has 3 rings (SSSR count). The average molecular weight is 405 g/mol. The van der Waals surface area contributed by atoms with Gasteiger partial charge in [0.1, 0.15) is 13.2 Å². The fourth-order valence-corrected chi connectivity index (χ4v) is 3.80. The highest BCUT2D eigenvalue weighted by Crippen LogP contribution is 2.38. The first-order chi connectivity index (χ1) is 14.1. The Kier molecular flexibility index (Phi) is 7.71. The van der Waals surface area contributed by atoms with Gasteiger partial charge < -0.3 is 24.4 Å². The Hall–Kier alpha value is -2.32. The quantitative estimate of drug-likeness (QED) is 0.622. The lowest BCUT2D eigenvalue weighted by Crippen LogP contribution is -2.42. The predicted molar refractivity (Wildman–Crippen MR) is 108 cm³/mol. The van der Waals surface area contributed by atoms with Crippen LogP contribution in [0.25, 0.3) is 0 Å². The molecular weight excluding hydrogens is 374 g/mol. The van der Waals surface area contributed by atoms with Gasteiger partial charge in [0.25, 0.3) is 0 Å². The van der Waals surface area contributed by atoms with Crippen LogP contribution in [0.15, 0.2) is 18.2 Å². The Morgan fingerprint density at radius 3 is 2.83 bits per heavy atom.